The molecular weight excluding hydrogens is 290 g/mol. The van der Waals surface area contributed by atoms with Crippen molar-refractivity contribution in [2.75, 3.05) is 13.1 Å². The fourth-order valence-corrected chi connectivity index (χ4v) is 2.64. The molecule has 0 saturated heterocycles. The summed E-state index contributed by atoms with van der Waals surface area (Å²) in [5.74, 6) is 0.101. The first-order valence-electron chi connectivity index (χ1n) is 6.15. The Hall–Kier alpha value is -1.35. The van der Waals surface area contributed by atoms with E-state index in [1.54, 1.807) is 0 Å². The molecular formula is C15H16BrNO. The highest BCUT2D eigenvalue weighted by Gasteiger charge is 2.15. The Kier molecular flexibility index (Phi) is 4.02. The van der Waals surface area contributed by atoms with Gasteiger partial charge in [0.1, 0.15) is 0 Å². The molecule has 2 aromatic carbocycles. The third kappa shape index (κ3) is 2.27. The highest BCUT2D eigenvalue weighted by Crippen LogP contribution is 2.27. The van der Waals surface area contributed by atoms with E-state index in [9.17, 15) is 4.79 Å². The minimum Gasteiger partial charge on any atom is -0.339 e. The number of hydrogen-bond acceptors (Lipinski definition) is 1. The molecule has 0 atom stereocenters. The lowest BCUT2D eigenvalue weighted by Crippen LogP contribution is -2.30. The third-order valence-electron chi connectivity index (χ3n) is 3.15. The normalized spacial score (nSPS) is 10.6. The molecule has 18 heavy (non-hydrogen) atoms. The lowest BCUT2D eigenvalue weighted by Gasteiger charge is -2.19. The summed E-state index contributed by atoms with van der Waals surface area (Å²) in [6.07, 6.45) is 0. The quantitative estimate of drug-likeness (QED) is 0.836. The molecule has 0 saturated carbocycles. The zero-order valence-corrected chi connectivity index (χ0v) is 12.2. The van der Waals surface area contributed by atoms with Gasteiger partial charge in [0.25, 0.3) is 5.91 Å². The molecule has 0 heterocycles. The highest BCUT2D eigenvalue weighted by molar-refractivity contribution is 9.10. The number of amides is 1. The van der Waals surface area contributed by atoms with E-state index in [1.165, 1.54) is 0 Å². The van der Waals surface area contributed by atoms with Crippen molar-refractivity contribution in [2.45, 2.75) is 13.8 Å². The Labute approximate surface area is 116 Å². The van der Waals surface area contributed by atoms with Crippen LogP contribution in [0.25, 0.3) is 10.8 Å². The van der Waals surface area contributed by atoms with E-state index in [4.69, 9.17) is 0 Å². The first kappa shape index (κ1) is 13.1. The predicted molar refractivity (Wildman–Crippen MR) is 78.9 cm³/mol. The molecule has 94 valence electrons. The summed E-state index contributed by atoms with van der Waals surface area (Å²) in [7, 11) is 0. The van der Waals surface area contributed by atoms with Crippen LogP contribution in [0.15, 0.2) is 40.9 Å². The van der Waals surface area contributed by atoms with Gasteiger partial charge in [0, 0.05) is 23.1 Å². The number of nitrogens with zero attached hydrogens (tertiary/aromatic N) is 1. The lowest BCUT2D eigenvalue weighted by atomic mass is 10.0. The molecule has 3 heteroatoms. The fraction of sp³-hybridized carbons (Fsp3) is 0.267. The summed E-state index contributed by atoms with van der Waals surface area (Å²) in [6.45, 7) is 5.48. The summed E-state index contributed by atoms with van der Waals surface area (Å²) in [5, 5.41) is 2.08. The number of rotatable bonds is 3. The van der Waals surface area contributed by atoms with Gasteiger partial charge in [0.05, 0.1) is 0 Å². The standard InChI is InChI=1S/C15H16BrNO/c1-3-17(4-2)15(18)13-9-5-8-12-11(13)7-6-10-14(12)16/h5-10H,3-4H2,1-2H3. The van der Waals surface area contributed by atoms with E-state index in [0.717, 1.165) is 33.9 Å². The van der Waals surface area contributed by atoms with Gasteiger partial charge in [-0.05, 0) is 36.8 Å². The van der Waals surface area contributed by atoms with Crippen LogP contribution in [0, 0.1) is 0 Å². The van der Waals surface area contributed by atoms with Gasteiger partial charge >= 0.3 is 0 Å². The third-order valence-corrected chi connectivity index (χ3v) is 3.84. The van der Waals surface area contributed by atoms with Gasteiger partial charge in [-0.1, -0.05) is 40.2 Å². The van der Waals surface area contributed by atoms with Crippen molar-refractivity contribution >= 4 is 32.6 Å². The van der Waals surface area contributed by atoms with E-state index < -0.39 is 0 Å². The van der Waals surface area contributed by atoms with Crippen molar-refractivity contribution in [3.05, 3.63) is 46.4 Å². The van der Waals surface area contributed by atoms with Crippen molar-refractivity contribution in [2.24, 2.45) is 0 Å². The topological polar surface area (TPSA) is 20.3 Å². The van der Waals surface area contributed by atoms with Gasteiger partial charge < -0.3 is 4.90 Å². The summed E-state index contributed by atoms with van der Waals surface area (Å²) in [5.41, 5.74) is 0.775. The second-order valence-electron chi connectivity index (χ2n) is 4.12. The van der Waals surface area contributed by atoms with Crippen LogP contribution in [0.2, 0.25) is 0 Å². The maximum Gasteiger partial charge on any atom is 0.254 e. The van der Waals surface area contributed by atoms with Crippen LogP contribution in [-0.4, -0.2) is 23.9 Å². The molecule has 0 bridgehead atoms. The van der Waals surface area contributed by atoms with Crippen LogP contribution in [0.3, 0.4) is 0 Å². The van der Waals surface area contributed by atoms with Gasteiger partial charge in [-0.2, -0.15) is 0 Å². The van der Waals surface area contributed by atoms with Gasteiger partial charge in [-0.3, -0.25) is 4.79 Å². The van der Waals surface area contributed by atoms with Gasteiger partial charge in [0.15, 0.2) is 0 Å². The Bertz CT molecular complexity index is 576. The Morgan fingerprint density at radius 2 is 1.67 bits per heavy atom. The summed E-state index contributed by atoms with van der Waals surface area (Å²) < 4.78 is 1.02. The molecule has 0 aliphatic heterocycles. The van der Waals surface area contributed by atoms with Crippen LogP contribution >= 0.6 is 15.9 Å². The van der Waals surface area contributed by atoms with Crippen LogP contribution < -0.4 is 0 Å². The maximum absolute atomic E-state index is 12.4. The zero-order chi connectivity index (χ0) is 13.1. The number of carbonyl (C=O) groups is 1. The number of carbonyl (C=O) groups excluding carboxylic acids is 1. The summed E-state index contributed by atoms with van der Waals surface area (Å²) in [4.78, 5) is 14.3. The molecule has 0 N–H and O–H groups in total. The molecule has 0 aromatic heterocycles. The van der Waals surface area contributed by atoms with Crippen molar-refractivity contribution in [1.29, 1.82) is 0 Å². The fourth-order valence-electron chi connectivity index (χ4n) is 2.14. The molecule has 0 aliphatic carbocycles. The minimum atomic E-state index is 0.101. The molecule has 2 rings (SSSR count). The predicted octanol–water partition coefficient (Wildman–Crippen LogP) is 4.08. The number of benzene rings is 2. The lowest BCUT2D eigenvalue weighted by molar-refractivity contribution is 0.0775. The number of halogens is 1. The van der Waals surface area contributed by atoms with E-state index in [1.807, 2.05) is 55.1 Å². The molecule has 0 aliphatic rings. The van der Waals surface area contributed by atoms with E-state index >= 15 is 0 Å². The average molecular weight is 306 g/mol. The molecule has 0 radical (unpaired) electrons. The van der Waals surface area contributed by atoms with E-state index in [0.29, 0.717) is 0 Å². The second-order valence-corrected chi connectivity index (χ2v) is 4.97. The van der Waals surface area contributed by atoms with Crippen LogP contribution in [0.4, 0.5) is 0 Å². The van der Waals surface area contributed by atoms with Crippen molar-refractivity contribution in [3.63, 3.8) is 0 Å². The van der Waals surface area contributed by atoms with Gasteiger partial charge in [0.2, 0.25) is 0 Å². The number of hydrogen-bond donors (Lipinski definition) is 0. The summed E-state index contributed by atoms with van der Waals surface area (Å²) in [6, 6.07) is 11.8. The van der Waals surface area contributed by atoms with Gasteiger partial charge in [-0.25, -0.2) is 0 Å². The average Bonchev–Trinajstić information content (AvgIpc) is 2.40. The Morgan fingerprint density at radius 1 is 1.06 bits per heavy atom. The van der Waals surface area contributed by atoms with Crippen molar-refractivity contribution in [1.82, 2.24) is 4.90 Å². The smallest absolute Gasteiger partial charge is 0.254 e. The van der Waals surface area contributed by atoms with Crippen molar-refractivity contribution < 1.29 is 4.79 Å². The minimum absolute atomic E-state index is 0.101. The molecule has 0 spiro atoms. The van der Waals surface area contributed by atoms with E-state index in [2.05, 4.69) is 15.9 Å². The highest BCUT2D eigenvalue weighted by atomic mass is 79.9. The first-order chi connectivity index (χ1) is 8.69. The summed E-state index contributed by atoms with van der Waals surface area (Å²) >= 11 is 3.53. The van der Waals surface area contributed by atoms with E-state index in [-0.39, 0.29) is 5.91 Å². The second kappa shape index (κ2) is 5.53. The zero-order valence-electron chi connectivity index (χ0n) is 10.6. The molecule has 1 amide bonds. The molecule has 0 fully saturated rings. The molecule has 0 unspecified atom stereocenters. The molecule has 2 aromatic rings. The Morgan fingerprint density at radius 3 is 2.33 bits per heavy atom. The Balaban J connectivity index is 2.58. The van der Waals surface area contributed by atoms with Gasteiger partial charge in [-0.15, -0.1) is 0 Å². The van der Waals surface area contributed by atoms with Crippen molar-refractivity contribution in [3.8, 4) is 0 Å². The first-order valence-corrected chi connectivity index (χ1v) is 6.94. The van der Waals surface area contributed by atoms with Crippen LogP contribution in [0.1, 0.15) is 24.2 Å². The maximum atomic E-state index is 12.4. The van der Waals surface area contributed by atoms with Crippen LogP contribution in [0.5, 0.6) is 0 Å². The van der Waals surface area contributed by atoms with Crippen LogP contribution in [-0.2, 0) is 0 Å². The molecule has 2 nitrogen and oxygen atoms in total. The number of fused-ring (bicyclic) bond motifs is 1. The monoisotopic (exact) mass is 305 g/mol. The SMILES string of the molecule is CCN(CC)C(=O)c1cccc2c(Br)cccc12. The largest absolute Gasteiger partial charge is 0.339 e.